The average molecular weight is 376 g/mol. The Morgan fingerprint density at radius 2 is 1.89 bits per heavy atom. The van der Waals surface area contributed by atoms with E-state index in [0.29, 0.717) is 24.5 Å². The highest BCUT2D eigenvalue weighted by molar-refractivity contribution is 5.92. The Labute approximate surface area is 165 Å². The summed E-state index contributed by atoms with van der Waals surface area (Å²) in [5.41, 5.74) is 2.44. The number of benzene rings is 2. The molecule has 2 aromatic carbocycles. The van der Waals surface area contributed by atoms with Crippen molar-refractivity contribution in [1.29, 1.82) is 0 Å². The van der Waals surface area contributed by atoms with Crippen molar-refractivity contribution < 1.29 is 9.53 Å². The molecule has 0 fully saturated rings. The summed E-state index contributed by atoms with van der Waals surface area (Å²) in [5.74, 6) is 1.29. The summed E-state index contributed by atoms with van der Waals surface area (Å²) in [5, 5.41) is 2.88. The van der Waals surface area contributed by atoms with Gasteiger partial charge < -0.3 is 15.0 Å². The molecule has 1 amide bonds. The summed E-state index contributed by atoms with van der Waals surface area (Å²) >= 11 is 0. The van der Waals surface area contributed by atoms with Crippen LogP contribution in [0.4, 0.5) is 11.5 Å². The van der Waals surface area contributed by atoms with Gasteiger partial charge in [-0.05, 0) is 43.2 Å². The zero-order valence-electron chi connectivity index (χ0n) is 16.1. The number of anilines is 2. The van der Waals surface area contributed by atoms with Gasteiger partial charge in [-0.1, -0.05) is 30.3 Å². The Bertz CT molecular complexity index is 898. The van der Waals surface area contributed by atoms with E-state index in [9.17, 15) is 4.79 Å². The summed E-state index contributed by atoms with van der Waals surface area (Å²) in [6, 6.07) is 17.8. The van der Waals surface area contributed by atoms with Crippen molar-refractivity contribution in [1.82, 2.24) is 15.3 Å². The lowest BCUT2D eigenvalue weighted by Crippen LogP contribution is -2.27. The molecule has 0 radical (unpaired) electrons. The van der Waals surface area contributed by atoms with Crippen LogP contribution in [0.1, 0.15) is 23.0 Å². The van der Waals surface area contributed by atoms with Crippen molar-refractivity contribution in [2.24, 2.45) is 0 Å². The van der Waals surface area contributed by atoms with Gasteiger partial charge >= 0.3 is 0 Å². The van der Waals surface area contributed by atoms with Crippen molar-refractivity contribution in [3.05, 3.63) is 78.2 Å². The van der Waals surface area contributed by atoms with Crippen LogP contribution in [0.3, 0.4) is 0 Å². The highest BCUT2D eigenvalue weighted by Gasteiger charge is 2.12. The van der Waals surface area contributed by atoms with Gasteiger partial charge in [-0.25, -0.2) is 9.97 Å². The molecule has 1 N–H and O–H groups in total. The third kappa shape index (κ3) is 4.85. The zero-order chi connectivity index (χ0) is 19.8. The second-order valence-electron chi connectivity index (χ2n) is 6.20. The molecule has 0 spiro atoms. The predicted octanol–water partition coefficient (Wildman–Crippen LogP) is 3.62. The molecule has 6 heteroatoms. The van der Waals surface area contributed by atoms with Crippen molar-refractivity contribution in [3.8, 4) is 5.75 Å². The Hall–Kier alpha value is -3.41. The molecule has 0 aliphatic carbocycles. The predicted molar refractivity (Wildman–Crippen MR) is 110 cm³/mol. The lowest BCUT2D eigenvalue weighted by Gasteiger charge is -2.21. The van der Waals surface area contributed by atoms with Gasteiger partial charge in [0.2, 0.25) is 0 Å². The smallest absolute Gasteiger partial charge is 0.271 e. The topological polar surface area (TPSA) is 67.4 Å². The van der Waals surface area contributed by atoms with Crippen LogP contribution in [0.25, 0.3) is 0 Å². The van der Waals surface area contributed by atoms with E-state index in [1.807, 2.05) is 66.4 Å². The van der Waals surface area contributed by atoms with Crippen molar-refractivity contribution in [2.45, 2.75) is 13.3 Å². The molecule has 0 saturated carbocycles. The molecule has 0 aliphatic heterocycles. The van der Waals surface area contributed by atoms with E-state index in [4.69, 9.17) is 4.74 Å². The first-order valence-electron chi connectivity index (χ1n) is 9.27. The molecule has 0 bridgehead atoms. The fourth-order valence-electron chi connectivity index (χ4n) is 2.90. The van der Waals surface area contributed by atoms with Crippen LogP contribution in [0.15, 0.2) is 67.0 Å². The minimum absolute atomic E-state index is 0.232. The van der Waals surface area contributed by atoms with E-state index in [1.54, 1.807) is 13.3 Å². The van der Waals surface area contributed by atoms with E-state index in [0.717, 1.165) is 23.5 Å². The second kappa shape index (κ2) is 9.50. The van der Waals surface area contributed by atoms with Crippen LogP contribution in [0, 0.1) is 0 Å². The number of nitrogens with zero attached hydrogens (tertiary/aromatic N) is 3. The van der Waals surface area contributed by atoms with Gasteiger partial charge in [0, 0.05) is 18.8 Å². The monoisotopic (exact) mass is 376 g/mol. The van der Waals surface area contributed by atoms with Crippen LogP contribution >= 0.6 is 0 Å². The molecular formula is C22H24N4O2. The zero-order valence-corrected chi connectivity index (χ0v) is 16.1. The van der Waals surface area contributed by atoms with Crippen LogP contribution in [0.5, 0.6) is 5.75 Å². The molecule has 0 unspecified atom stereocenters. The maximum atomic E-state index is 12.3. The van der Waals surface area contributed by atoms with E-state index >= 15 is 0 Å². The highest BCUT2D eigenvalue weighted by Crippen LogP contribution is 2.21. The maximum Gasteiger partial charge on any atom is 0.271 e. The molecule has 0 aliphatic rings. The van der Waals surface area contributed by atoms with Crippen LogP contribution in [-0.2, 0) is 6.42 Å². The average Bonchev–Trinajstić information content (AvgIpc) is 2.75. The Morgan fingerprint density at radius 1 is 1.07 bits per heavy atom. The van der Waals surface area contributed by atoms with E-state index in [-0.39, 0.29) is 5.91 Å². The number of nitrogens with one attached hydrogen (secondary N) is 1. The van der Waals surface area contributed by atoms with Gasteiger partial charge in [-0.3, -0.25) is 4.79 Å². The number of methoxy groups -OCH3 is 1. The normalized spacial score (nSPS) is 10.4. The summed E-state index contributed by atoms with van der Waals surface area (Å²) < 4.78 is 5.21. The van der Waals surface area contributed by atoms with E-state index in [2.05, 4.69) is 15.3 Å². The van der Waals surface area contributed by atoms with Gasteiger partial charge in [-0.15, -0.1) is 0 Å². The molecule has 144 valence electrons. The van der Waals surface area contributed by atoms with Crippen LogP contribution in [-0.4, -0.2) is 36.1 Å². The first-order chi connectivity index (χ1) is 13.7. The van der Waals surface area contributed by atoms with Gasteiger partial charge in [0.15, 0.2) is 5.82 Å². The molecule has 1 aromatic heterocycles. The van der Waals surface area contributed by atoms with Gasteiger partial charge in [0.25, 0.3) is 5.91 Å². The molecular weight excluding hydrogens is 352 g/mol. The van der Waals surface area contributed by atoms with Crippen molar-refractivity contribution in [2.75, 3.05) is 25.1 Å². The third-order valence-corrected chi connectivity index (χ3v) is 4.36. The van der Waals surface area contributed by atoms with Crippen molar-refractivity contribution >= 4 is 17.4 Å². The Kier molecular flexibility index (Phi) is 6.57. The number of carbonyl (C=O) groups excluding carboxylic acids is 1. The number of amides is 1. The van der Waals surface area contributed by atoms with E-state index in [1.165, 1.54) is 6.20 Å². The highest BCUT2D eigenvalue weighted by atomic mass is 16.5. The number of para-hydroxylation sites is 1. The van der Waals surface area contributed by atoms with Gasteiger partial charge in [0.1, 0.15) is 11.4 Å². The number of hydrogen-bond acceptors (Lipinski definition) is 5. The SMILES string of the molecule is CCN(c1ccccc1)c1cnc(C(=O)NCCc2cccc(OC)c2)cn1. The minimum Gasteiger partial charge on any atom is -0.497 e. The molecule has 0 saturated heterocycles. The first kappa shape index (κ1) is 19.4. The fraction of sp³-hybridized carbons (Fsp3) is 0.227. The van der Waals surface area contributed by atoms with Crippen LogP contribution < -0.4 is 15.0 Å². The van der Waals surface area contributed by atoms with Crippen molar-refractivity contribution in [3.63, 3.8) is 0 Å². The Balaban J connectivity index is 1.58. The largest absolute Gasteiger partial charge is 0.497 e. The first-order valence-corrected chi connectivity index (χ1v) is 9.27. The molecule has 0 atom stereocenters. The molecule has 28 heavy (non-hydrogen) atoms. The lowest BCUT2D eigenvalue weighted by atomic mass is 10.1. The standard InChI is InChI=1S/C22H24N4O2/c1-3-26(18-9-5-4-6-10-18)21-16-24-20(15-25-21)22(27)23-13-12-17-8-7-11-19(14-17)28-2/h4-11,14-16H,3,12-13H2,1-2H3,(H,23,27). The molecule has 3 aromatic rings. The summed E-state index contributed by atoms with van der Waals surface area (Å²) in [7, 11) is 1.64. The number of aromatic nitrogens is 2. The quantitative estimate of drug-likeness (QED) is 0.650. The molecule has 3 rings (SSSR count). The summed E-state index contributed by atoms with van der Waals surface area (Å²) in [6.45, 7) is 3.32. The fourth-order valence-corrected chi connectivity index (χ4v) is 2.90. The molecule has 6 nitrogen and oxygen atoms in total. The number of carbonyl (C=O) groups is 1. The minimum atomic E-state index is -0.232. The van der Waals surface area contributed by atoms with Crippen LogP contribution in [0.2, 0.25) is 0 Å². The number of ether oxygens (including phenoxy) is 1. The molecule has 1 heterocycles. The number of rotatable bonds is 8. The summed E-state index contributed by atoms with van der Waals surface area (Å²) in [4.78, 5) is 23.1. The summed E-state index contributed by atoms with van der Waals surface area (Å²) in [6.07, 6.45) is 3.86. The lowest BCUT2D eigenvalue weighted by molar-refractivity contribution is 0.0949. The number of hydrogen-bond donors (Lipinski definition) is 1. The second-order valence-corrected chi connectivity index (χ2v) is 6.20. The van der Waals surface area contributed by atoms with Gasteiger partial charge in [0.05, 0.1) is 19.5 Å². The third-order valence-electron chi connectivity index (χ3n) is 4.36. The Morgan fingerprint density at radius 3 is 2.57 bits per heavy atom. The van der Waals surface area contributed by atoms with Gasteiger partial charge in [-0.2, -0.15) is 0 Å². The maximum absolute atomic E-state index is 12.3. The van der Waals surface area contributed by atoms with E-state index < -0.39 is 0 Å².